The van der Waals surface area contributed by atoms with Gasteiger partial charge in [0.15, 0.2) is 6.10 Å². The van der Waals surface area contributed by atoms with E-state index in [1.165, 1.54) is 32.3 Å². The fraction of sp³-hybridized carbons (Fsp3) is 0.278. The highest BCUT2D eigenvalue weighted by molar-refractivity contribution is 7.89. The van der Waals surface area contributed by atoms with E-state index >= 15 is 0 Å². The Hall–Kier alpha value is -2.09. The molecule has 0 aliphatic heterocycles. The van der Waals surface area contributed by atoms with Crippen LogP contribution in [-0.2, 0) is 14.8 Å². The molecule has 2 rings (SSSR count). The van der Waals surface area contributed by atoms with Gasteiger partial charge in [-0.1, -0.05) is 23.7 Å². The molecule has 0 fully saturated rings. The quantitative estimate of drug-likeness (QED) is 0.812. The lowest BCUT2D eigenvalue weighted by molar-refractivity contribution is -0.122. The van der Waals surface area contributed by atoms with E-state index in [0.717, 1.165) is 9.87 Å². The lowest BCUT2D eigenvalue weighted by atomic mass is 10.2. The van der Waals surface area contributed by atoms with E-state index in [0.29, 0.717) is 11.4 Å². The Kier molecular flexibility index (Phi) is 6.28. The number of rotatable bonds is 6. The van der Waals surface area contributed by atoms with Crippen LogP contribution in [0.2, 0.25) is 5.02 Å². The molecule has 0 heterocycles. The highest BCUT2D eigenvalue weighted by atomic mass is 35.5. The maximum atomic E-state index is 12.4. The summed E-state index contributed by atoms with van der Waals surface area (Å²) in [5.74, 6) is 0.182. The van der Waals surface area contributed by atoms with Gasteiger partial charge in [0, 0.05) is 19.8 Å². The van der Waals surface area contributed by atoms with Crippen LogP contribution in [-0.4, -0.2) is 38.8 Å². The van der Waals surface area contributed by atoms with Crippen molar-refractivity contribution >= 4 is 33.2 Å². The smallest absolute Gasteiger partial charge is 0.265 e. The van der Waals surface area contributed by atoms with E-state index in [2.05, 4.69) is 5.32 Å². The monoisotopic (exact) mass is 396 g/mol. The van der Waals surface area contributed by atoms with Crippen LogP contribution in [0.1, 0.15) is 12.5 Å². The summed E-state index contributed by atoms with van der Waals surface area (Å²) < 4.78 is 31.3. The van der Waals surface area contributed by atoms with Gasteiger partial charge in [-0.3, -0.25) is 4.79 Å². The number of anilines is 1. The van der Waals surface area contributed by atoms with Crippen molar-refractivity contribution in [3.05, 3.63) is 53.1 Å². The molecule has 0 bridgehead atoms. The van der Waals surface area contributed by atoms with Crippen LogP contribution < -0.4 is 10.1 Å². The molecule has 140 valence electrons. The summed E-state index contributed by atoms with van der Waals surface area (Å²) in [4.78, 5) is 12.3. The van der Waals surface area contributed by atoms with Gasteiger partial charge in [0.25, 0.3) is 5.91 Å². The summed E-state index contributed by atoms with van der Waals surface area (Å²) in [7, 11) is -0.898. The third kappa shape index (κ3) is 4.75. The van der Waals surface area contributed by atoms with Gasteiger partial charge in [-0.15, -0.1) is 0 Å². The van der Waals surface area contributed by atoms with Gasteiger partial charge >= 0.3 is 0 Å². The molecule has 0 saturated carbocycles. The third-order valence-corrected chi connectivity index (χ3v) is 5.93. The lowest BCUT2D eigenvalue weighted by Gasteiger charge is -2.17. The van der Waals surface area contributed by atoms with Crippen LogP contribution in [0.5, 0.6) is 5.75 Å². The predicted octanol–water partition coefficient (Wildman–Crippen LogP) is 3.30. The molecule has 2 aromatic carbocycles. The fourth-order valence-electron chi connectivity index (χ4n) is 2.17. The normalized spacial score (nSPS) is 12.7. The van der Waals surface area contributed by atoms with Gasteiger partial charge < -0.3 is 10.1 Å². The van der Waals surface area contributed by atoms with Crippen LogP contribution >= 0.6 is 11.6 Å². The van der Waals surface area contributed by atoms with Gasteiger partial charge in [-0.2, -0.15) is 0 Å². The summed E-state index contributed by atoms with van der Waals surface area (Å²) in [6, 6.07) is 11.7. The van der Waals surface area contributed by atoms with Gasteiger partial charge in [-0.25, -0.2) is 12.7 Å². The summed E-state index contributed by atoms with van der Waals surface area (Å²) in [5.41, 5.74) is 1.34. The second-order valence-corrected chi connectivity index (χ2v) is 8.53. The first kappa shape index (κ1) is 20.2. The minimum Gasteiger partial charge on any atom is -0.481 e. The summed E-state index contributed by atoms with van der Waals surface area (Å²) in [6.45, 7) is 3.54. The number of halogens is 1. The van der Waals surface area contributed by atoms with Crippen molar-refractivity contribution in [3.8, 4) is 5.75 Å². The average Bonchev–Trinajstić information content (AvgIpc) is 2.56. The lowest BCUT2D eigenvalue weighted by Crippen LogP contribution is -2.30. The second-order valence-electron chi connectivity index (χ2n) is 6.00. The van der Waals surface area contributed by atoms with Crippen LogP contribution in [0.25, 0.3) is 0 Å². The topological polar surface area (TPSA) is 75.7 Å². The van der Waals surface area contributed by atoms with E-state index in [1.54, 1.807) is 13.0 Å². The number of sulfonamides is 1. The van der Waals surface area contributed by atoms with Gasteiger partial charge in [0.1, 0.15) is 10.6 Å². The van der Waals surface area contributed by atoms with Crippen molar-refractivity contribution < 1.29 is 17.9 Å². The summed E-state index contributed by atoms with van der Waals surface area (Å²) >= 11 is 6.00. The number of hydrogen-bond acceptors (Lipinski definition) is 4. The van der Waals surface area contributed by atoms with Crippen molar-refractivity contribution in [3.63, 3.8) is 0 Å². The zero-order chi connectivity index (χ0) is 19.5. The zero-order valence-corrected chi connectivity index (χ0v) is 16.6. The minimum absolute atomic E-state index is 0.0748. The van der Waals surface area contributed by atoms with E-state index in [-0.39, 0.29) is 9.92 Å². The molecule has 0 saturated heterocycles. The molecule has 0 aliphatic carbocycles. The standard InChI is InChI=1S/C18H21ClN2O4S/c1-12-6-5-7-15(10-12)25-13(2)18(22)20-14-8-9-16(19)17(11-14)26(23,24)21(3)4/h5-11,13H,1-4H3,(H,20,22)/t13-/m1/s1. The Balaban J connectivity index is 2.16. The molecule has 0 spiro atoms. The van der Waals surface area contributed by atoms with E-state index < -0.39 is 22.0 Å². The van der Waals surface area contributed by atoms with Crippen molar-refractivity contribution in [1.82, 2.24) is 4.31 Å². The van der Waals surface area contributed by atoms with Crippen molar-refractivity contribution in [1.29, 1.82) is 0 Å². The maximum Gasteiger partial charge on any atom is 0.265 e. The Labute approximate surface area is 158 Å². The largest absolute Gasteiger partial charge is 0.481 e. The number of carbonyl (C=O) groups excluding carboxylic acids is 1. The van der Waals surface area contributed by atoms with Crippen molar-refractivity contribution in [2.75, 3.05) is 19.4 Å². The maximum absolute atomic E-state index is 12.4. The third-order valence-electron chi connectivity index (χ3n) is 3.63. The number of nitrogens with zero attached hydrogens (tertiary/aromatic N) is 1. The van der Waals surface area contributed by atoms with Crippen molar-refractivity contribution in [2.45, 2.75) is 24.8 Å². The molecular weight excluding hydrogens is 376 g/mol. The molecule has 8 heteroatoms. The van der Waals surface area contributed by atoms with E-state index in [1.807, 2.05) is 25.1 Å². The first-order chi connectivity index (χ1) is 12.1. The first-order valence-corrected chi connectivity index (χ1v) is 9.69. The molecule has 1 amide bonds. The SMILES string of the molecule is Cc1cccc(O[C@H](C)C(=O)Nc2ccc(Cl)c(S(=O)(=O)N(C)C)c2)c1. The molecule has 6 nitrogen and oxygen atoms in total. The minimum atomic E-state index is -3.72. The van der Waals surface area contributed by atoms with Gasteiger partial charge in [0.05, 0.1) is 5.02 Å². The number of aryl methyl sites for hydroxylation is 1. The second kappa shape index (κ2) is 8.07. The Bertz CT molecular complexity index is 913. The summed E-state index contributed by atoms with van der Waals surface area (Å²) in [6.07, 6.45) is -0.763. The summed E-state index contributed by atoms with van der Waals surface area (Å²) in [5, 5.41) is 2.73. The highest BCUT2D eigenvalue weighted by Gasteiger charge is 2.22. The number of ether oxygens (including phenoxy) is 1. The van der Waals surface area contributed by atoms with E-state index in [9.17, 15) is 13.2 Å². The number of benzene rings is 2. The van der Waals surface area contributed by atoms with Crippen LogP contribution in [0.15, 0.2) is 47.4 Å². The van der Waals surface area contributed by atoms with Crippen molar-refractivity contribution in [2.24, 2.45) is 0 Å². The predicted molar refractivity (Wildman–Crippen MR) is 102 cm³/mol. The fourth-order valence-corrected chi connectivity index (χ4v) is 3.56. The number of amides is 1. The number of hydrogen-bond donors (Lipinski definition) is 1. The molecule has 0 aromatic heterocycles. The number of carbonyl (C=O) groups is 1. The Morgan fingerprint density at radius 2 is 1.88 bits per heavy atom. The molecular formula is C18H21ClN2O4S. The Morgan fingerprint density at radius 1 is 1.19 bits per heavy atom. The van der Waals surface area contributed by atoms with Crippen LogP contribution in [0.3, 0.4) is 0 Å². The van der Waals surface area contributed by atoms with Gasteiger partial charge in [0.2, 0.25) is 10.0 Å². The first-order valence-electron chi connectivity index (χ1n) is 7.87. The van der Waals surface area contributed by atoms with E-state index in [4.69, 9.17) is 16.3 Å². The highest BCUT2D eigenvalue weighted by Crippen LogP contribution is 2.27. The number of nitrogens with one attached hydrogen (secondary N) is 1. The molecule has 0 unspecified atom stereocenters. The molecule has 2 aromatic rings. The molecule has 0 radical (unpaired) electrons. The molecule has 0 aliphatic rings. The molecule has 1 atom stereocenters. The van der Waals surface area contributed by atoms with Crippen LogP contribution in [0, 0.1) is 6.92 Å². The average molecular weight is 397 g/mol. The zero-order valence-electron chi connectivity index (χ0n) is 15.0. The Morgan fingerprint density at radius 3 is 2.50 bits per heavy atom. The van der Waals surface area contributed by atoms with Gasteiger partial charge in [-0.05, 0) is 49.7 Å². The molecule has 26 heavy (non-hydrogen) atoms. The molecule has 1 N–H and O–H groups in total. The van der Waals surface area contributed by atoms with Crippen LogP contribution in [0.4, 0.5) is 5.69 Å².